The number of ether oxygens (including phenoxy) is 1. The fraction of sp³-hybridized carbons (Fsp3) is 0.192. The number of amides is 1. The van der Waals surface area contributed by atoms with Crippen LogP contribution in [-0.4, -0.2) is 28.8 Å². The van der Waals surface area contributed by atoms with E-state index in [1.54, 1.807) is 31.3 Å². The highest BCUT2D eigenvalue weighted by atomic mass is 16.5. The zero-order valence-corrected chi connectivity index (χ0v) is 18.1. The van der Waals surface area contributed by atoms with Crippen molar-refractivity contribution < 1.29 is 14.3 Å². The molecule has 1 amide bonds. The summed E-state index contributed by atoms with van der Waals surface area (Å²) in [6.07, 6.45) is 5.47. The number of carbonyl (C=O) groups is 2. The lowest BCUT2D eigenvalue weighted by Crippen LogP contribution is -2.43. The third-order valence-corrected chi connectivity index (χ3v) is 5.48. The number of hydrogen-bond acceptors (Lipinski definition) is 5. The van der Waals surface area contributed by atoms with Gasteiger partial charge in [-0.05, 0) is 66.4 Å². The Kier molecular flexibility index (Phi) is 5.77. The Bertz CT molecular complexity index is 1180. The second-order valence-electron chi connectivity index (χ2n) is 8.25. The first kappa shape index (κ1) is 21.3. The molecule has 32 heavy (non-hydrogen) atoms. The van der Waals surface area contributed by atoms with E-state index in [-0.39, 0.29) is 11.7 Å². The van der Waals surface area contributed by atoms with E-state index >= 15 is 0 Å². The number of fused-ring (bicyclic) bond motifs is 1. The predicted molar refractivity (Wildman–Crippen MR) is 125 cm³/mol. The van der Waals surface area contributed by atoms with Crippen LogP contribution in [0.15, 0.2) is 66.9 Å². The summed E-state index contributed by atoms with van der Waals surface area (Å²) in [5.41, 5.74) is 9.75. The minimum Gasteiger partial charge on any atom is -0.485 e. The molecule has 6 nitrogen and oxygen atoms in total. The summed E-state index contributed by atoms with van der Waals surface area (Å²) in [7, 11) is 0. The van der Waals surface area contributed by atoms with E-state index in [4.69, 9.17) is 10.5 Å². The number of Topliss-reactive ketones (excluding diaryl/α,β-unsaturated/α-hetero) is 1. The number of hydrogen-bond donors (Lipinski definition) is 2. The van der Waals surface area contributed by atoms with Gasteiger partial charge in [0, 0.05) is 24.3 Å². The van der Waals surface area contributed by atoms with Crippen LogP contribution in [0.2, 0.25) is 0 Å². The van der Waals surface area contributed by atoms with Crippen LogP contribution in [0.5, 0.6) is 5.75 Å². The summed E-state index contributed by atoms with van der Waals surface area (Å²) in [6, 6.07) is 17.2. The SMILES string of the molecule is CC(=O)c1ccc(-c2ccc3c(c2)CC(C)(CNC(=O)/C=C/c2ccc(N)nc2)O3)cc1. The molecule has 0 radical (unpaired) electrons. The molecule has 0 saturated heterocycles. The number of rotatable bonds is 6. The van der Waals surface area contributed by atoms with E-state index in [1.165, 1.54) is 6.08 Å². The number of nitrogens with one attached hydrogen (secondary N) is 1. The topological polar surface area (TPSA) is 94.3 Å². The number of nitrogens with zero attached hydrogens (tertiary/aromatic N) is 1. The fourth-order valence-electron chi connectivity index (χ4n) is 3.72. The lowest BCUT2D eigenvalue weighted by Gasteiger charge is -2.23. The molecule has 3 aromatic rings. The maximum atomic E-state index is 12.2. The van der Waals surface area contributed by atoms with E-state index < -0.39 is 5.60 Å². The molecule has 3 N–H and O–H groups in total. The Hall–Kier alpha value is -3.93. The maximum Gasteiger partial charge on any atom is 0.244 e. The van der Waals surface area contributed by atoms with Gasteiger partial charge in [-0.3, -0.25) is 9.59 Å². The Morgan fingerprint density at radius 1 is 1.12 bits per heavy atom. The van der Waals surface area contributed by atoms with Gasteiger partial charge in [0.2, 0.25) is 5.91 Å². The Labute approximate surface area is 187 Å². The van der Waals surface area contributed by atoms with Gasteiger partial charge in [-0.2, -0.15) is 0 Å². The normalized spacial score (nSPS) is 17.1. The summed E-state index contributed by atoms with van der Waals surface area (Å²) in [6.45, 7) is 3.93. The highest BCUT2D eigenvalue weighted by molar-refractivity contribution is 5.94. The van der Waals surface area contributed by atoms with Gasteiger partial charge in [0.15, 0.2) is 5.78 Å². The van der Waals surface area contributed by atoms with Crippen LogP contribution in [0.3, 0.4) is 0 Å². The Morgan fingerprint density at radius 3 is 2.56 bits per heavy atom. The van der Waals surface area contributed by atoms with E-state index in [1.807, 2.05) is 43.3 Å². The van der Waals surface area contributed by atoms with E-state index in [0.29, 0.717) is 24.3 Å². The Balaban J connectivity index is 1.38. The molecule has 1 aliphatic heterocycles. The average Bonchev–Trinajstić information content (AvgIpc) is 3.13. The number of benzene rings is 2. The highest BCUT2D eigenvalue weighted by Gasteiger charge is 2.35. The van der Waals surface area contributed by atoms with Crippen molar-refractivity contribution in [3.05, 3.63) is 83.6 Å². The largest absolute Gasteiger partial charge is 0.485 e. The summed E-state index contributed by atoms with van der Waals surface area (Å²) in [5.74, 6) is 1.12. The van der Waals surface area contributed by atoms with Crippen LogP contribution in [0.1, 0.15) is 35.3 Å². The fourth-order valence-corrected chi connectivity index (χ4v) is 3.72. The summed E-state index contributed by atoms with van der Waals surface area (Å²) < 4.78 is 6.15. The van der Waals surface area contributed by atoms with Gasteiger partial charge in [0.1, 0.15) is 17.2 Å². The van der Waals surface area contributed by atoms with Crippen molar-refractivity contribution in [3.8, 4) is 16.9 Å². The standard InChI is InChI=1S/C26H25N3O3/c1-17(30)19-5-7-20(8-6-19)21-9-10-23-22(13-21)14-26(2,32-23)16-29-25(31)12-4-18-3-11-24(27)28-15-18/h3-13,15H,14,16H2,1-2H3,(H2,27,28)(H,29,31)/b12-4+. The van der Waals surface area contributed by atoms with Crippen molar-refractivity contribution in [2.45, 2.75) is 25.9 Å². The van der Waals surface area contributed by atoms with Gasteiger partial charge in [0.25, 0.3) is 0 Å². The zero-order valence-electron chi connectivity index (χ0n) is 18.1. The molecular formula is C26H25N3O3. The summed E-state index contributed by atoms with van der Waals surface area (Å²) >= 11 is 0. The first-order chi connectivity index (χ1) is 15.3. The molecule has 162 valence electrons. The minimum atomic E-state index is -0.522. The molecule has 1 aromatic heterocycles. The molecule has 4 rings (SSSR count). The third-order valence-electron chi connectivity index (χ3n) is 5.48. The van der Waals surface area contributed by atoms with Crippen LogP contribution in [-0.2, 0) is 11.2 Å². The molecule has 2 aromatic carbocycles. The average molecular weight is 428 g/mol. The molecule has 0 fully saturated rings. The number of aromatic nitrogens is 1. The van der Waals surface area contributed by atoms with Crippen LogP contribution >= 0.6 is 0 Å². The Morgan fingerprint density at radius 2 is 1.88 bits per heavy atom. The van der Waals surface area contributed by atoms with Gasteiger partial charge in [0.05, 0.1) is 6.54 Å². The molecule has 1 unspecified atom stereocenters. The number of ketones is 1. The van der Waals surface area contributed by atoms with E-state index in [9.17, 15) is 9.59 Å². The number of anilines is 1. The molecule has 1 aliphatic rings. The molecule has 6 heteroatoms. The zero-order chi connectivity index (χ0) is 22.7. The van der Waals surface area contributed by atoms with Crippen LogP contribution in [0.25, 0.3) is 17.2 Å². The molecule has 1 atom stereocenters. The van der Waals surface area contributed by atoms with Crippen molar-refractivity contribution in [2.75, 3.05) is 12.3 Å². The molecule has 0 spiro atoms. The smallest absolute Gasteiger partial charge is 0.244 e. The van der Waals surface area contributed by atoms with Crippen molar-refractivity contribution in [1.29, 1.82) is 0 Å². The molecule has 0 bridgehead atoms. The quantitative estimate of drug-likeness (QED) is 0.457. The van der Waals surface area contributed by atoms with E-state index in [2.05, 4.69) is 16.4 Å². The van der Waals surface area contributed by atoms with Gasteiger partial charge in [-0.15, -0.1) is 0 Å². The molecule has 2 heterocycles. The lowest BCUT2D eigenvalue weighted by molar-refractivity contribution is -0.117. The number of carbonyl (C=O) groups excluding carboxylic acids is 2. The van der Waals surface area contributed by atoms with Crippen molar-refractivity contribution in [3.63, 3.8) is 0 Å². The lowest BCUT2D eigenvalue weighted by atomic mass is 9.96. The van der Waals surface area contributed by atoms with Crippen molar-refractivity contribution >= 4 is 23.6 Å². The second kappa shape index (κ2) is 8.67. The van der Waals surface area contributed by atoms with Crippen molar-refractivity contribution in [2.24, 2.45) is 0 Å². The van der Waals surface area contributed by atoms with Crippen LogP contribution < -0.4 is 15.8 Å². The first-order valence-corrected chi connectivity index (χ1v) is 10.4. The molecular weight excluding hydrogens is 402 g/mol. The highest BCUT2D eigenvalue weighted by Crippen LogP contribution is 2.37. The number of nitrogens with two attached hydrogens (primary N) is 1. The first-order valence-electron chi connectivity index (χ1n) is 10.4. The summed E-state index contributed by atoms with van der Waals surface area (Å²) in [5, 5.41) is 2.92. The van der Waals surface area contributed by atoms with Gasteiger partial charge in [-0.25, -0.2) is 4.98 Å². The van der Waals surface area contributed by atoms with Gasteiger partial charge in [-0.1, -0.05) is 30.3 Å². The maximum absolute atomic E-state index is 12.2. The minimum absolute atomic E-state index is 0.0525. The number of pyridine rings is 1. The second-order valence-corrected chi connectivity index (χ2v) is 8.25. The van der Waals surface area contributed by atoms with Crippen LogP contribution in [0.4, 0.5) is 5.82 Å². The molecule has 0 saturated carbocycles. The van der Waals surface area contributed by atoms with E-state index in [0.717, 1.165) is 28.0 Å². The van der Waals surface area contributed by atoms with Crippen molar-refractivity contribution in [1.82, 2.24) is 10.3 Å². The third kappa shape index (κ3) is 4.86. The van der Waals surface area contributed by atoms with Gasteiger partial charge < -0.3 is 15.8 Å². The monoisotopic (exact) mass is 427 g/mol. The van der Waals surface area contributed by atoms with Gasteiger partial charge >= 0.3 is 0 Å². The van der Waals surface area contributed by atoms with Crippen LogP contribution in [0, 0.1) is 0 Å². The predicted octanol–water partition coefficient (Wildman–Crippen LogP) is 4.06. The molecule has 0 aliphatic carbocycles. The number of nitrogen functional groups attached to an aromatic ring is 1. The summed E-state index contributed by atoms with van der Waals surface area (Å²) in [4.78, 5) is 27.7.